The summed E-state index contributed by atoms with van der Waals surface area (Å²) in [5.74, 6) is 0. The number of aryl methyl sites for hydroxylation is 3. The summed E-state index contributed by atoms with van der Waals surface area (Å²) in [6.45, 7) is -0.0975. The first-order chi connectivity index (χ1) is 8.39. The summed E-state index contributed by atoms with van der Waals surface area (Å²) in [6, 6.07) is 11.3. The van der Waals surface area contributed by atoms with Crippen LogP contribution in [-0.4, -0.2) is 0 Å². The fourth-order valence-electron chi connectivity index (χ4n) is 1.75. The zero-order chi connectivity index (χ0) is 13.3. The van der Waals surface area contributed by atoms with Crippen molar-refractivity contribution in [3.05, 3.63) is 53.7 Å². The lowest BCUT2D eigenvalue weighted by molar-refractivity contribution is -0.660. The van der Waals surface area contributed by atoms with Gasteiger partial charge in [0.2, 0.25) is 5.69 Å². The molecule has 0 saturated carbocycles. The van der Waals surface area contributed by atoms with Gasteiger partial charge in [-0.2, -0.15) is 0 Å². The van der Waals surface area contributed by atoms with E-state index in [4.69, 9.17) is 4.11 Å². The predicted molar refractivity (Wildman–Crippen MR) is 62.5 cm³/mol. The largest absolute Gasteiger partial charge is 0.212 e. The minimum Gasteiger partial charge on any atom is -0.201 e. The van der Waals surface area contributed by atoms with Gasteiger partial charge in [0, 0.05) is 21.8 Å². The van der Waals surface area contributed by atoms with Gasteiger partial charge in [0.15, 0.2) is 6.20 Å². The Balaban J connectivity index is 2.52. The molecule has 2 aromatic rings. The molecule has 0 fully saturated rings. The number of nitrogens with zero attached hydrogens (tertiary/aromatic N) is 1. The molecule has 0 saturated heterocycles. The molecule has 15 heavy (non-hydrogen) atoms. The first-order valence-corrected chi connectivity index (χ1v) is 4.96. The van der Waals surface area contributed by atoms with Crippen molar-refractivity contribution >= 4 is 0 Å². The highest BCUT2D eigenvalue weighted by Gasteiger charge is 2.10. The summed E-state index contributed by atoms with van der Waals surface area (Å²) < 4.78 is 24.3. The molecule has 0 aliphatic heterocycles. The summed E-state index contributed by atoms with van der Waals surface area (Å²) >= 11 is 0. The molecule has 1 heteroatoms. The van der Waals surface area contributed by atoms with Gasteiger partial charge in [-0.15, -0.1) is 0 Å². The molecule has 1 heterocycles. The second-order valence-corrected chi connectivity index (χ2v) is 3.73. The van der Waals surface area contributed by atoms with Crippen molar-refractivity contribution < 1.29 is 8.68 Å². The van der Waals surface area contributed by atoms with E-state index in [2.05, 4.69) is 0 Å². The smallest absolute Gasteiger partial charge is 0.201 e. The van der Waals surface area contributed by atoms with Crippen LogP contribution in [0.25, 0.3) is 11.3 Å². The molecular weight excluding hydrogens is 182 g/mol. The van der Waals surface area contributed by atoms with Gasteiger partial charge in [-0.3, -0.25) is 0 Å². The summed E-state index contributed by atoms with van der Waals surface area (Å²) in [6.07, 6.45) is 1.98. The lowest BCUT2D eigenvalue weighted by atomic mass is 10.0. The SMILES string of the molecule is [2H]C([2H])([2H])c1ccc(-c2cccc[n+]2C)c(C)c1. The average molecular weight is 201 g/mol. The fourth-order valence-corrected chi connectivity index (χ4v) is 1.75. The number of rotatable bonds is 1. The zero-order valence-electron chi connectivity index (χ0n) is 12.0. The number of benzene rings is 1. The highest BCUT2D eigenvalue weighted by molar-refractivity contribution is 5.61. The second kappa shape index (κ2) is 3.85. The molecule has 0 spiro atoms. The number of pyridine rings is 1. The van der Waals surface area contributed by atoms with E-state index >= 15 is 0 Å². The Hall–Kier alpha value is -1.63. The van der Waals surface area contributed by atoms with Crippen LogP contribution in [0.5, 0.6) is 0 Å². The molecule has 1 aromatic carbocycles. The van der Waals surface area contributed by atoms with Gasteiger partial charge in [0.25, 0.3) is 0 Å². The highest BCUT2D eigenvalue weighted by atomic mass is 14.9. The third-order valence-corrected chi connectivity index (χ3v) is 2.56. The summed E-state index contributed by atoms with van der Waals surface area (Å²) in [5, 5.41) is 0. The number of hydrogen-bond acceptors (Lipinski definition) is 0. The van der Waals surface area contributed by atoms with Gasteiger partial charge in [-0.1, -0.05) is 17.7 Å². The first-order valence-electron chi connectivity index (χ1n) is 6.46. The fraction of sp³-hybridized carbons (Fsp3) is 0.214. The van der Waals surface area contributed by atoms with Crippen LogP contribution >= 0.6 is 0 Å². The van der Waals surface area contributed by atoms with Crippen molar-refractivity contribution in [1.29, 1.82) is 0 Å². The molecule has 0 amide bonds. The third kappa shape index (κ3) is 1.91. The Kier molecular flexibility index (Phi) is 1.74. The summed E-state index contributed by atoms with van der Waals surface area (Å²) in [5.41, 5.74) is 3.51. The van der Waals surface area contributed by atoms with Crippen LogP contribution in [0.4, 0.5) is 0 Å². The minimum atomic E-state index is -2.04. The quantitative estimate of drug-likeness (QED) is 0.625. The molecule has 0 radical (unpaired) electrons. The van der Waals surface area contributed by atoms with Gasteiger partial charge in [0.05, 0.1) is 0 Å². The van der Waals surface area contributed by atoms with Crippen LogP contribution < -0.4 is 4.57 Å². The standard InChI is InChI=1S/C14H16N/c1-11-7-8-13(12(2)10-11)14-6-4-5-9-15(14)3/h4-10H,1-3H3/q+1/i1D3. The highest BCUT2D eigenvalue weighted by Crippen LogP contribution is 2.20. The number of aromatic nitrogens is 1. The van der Waals surface area contributed by atoms with Crippen molar-refractivity contribution in [2.45, 2.75) is 13.8 Å². The maximum atomic E-state index is 7.42. The zero-order valence-corrected chi connectivity index (χ0v) is 8.99. The van der Waals surface area contributed by atoms with E-state index in [9.17, 15) is 0 Å². The predicted octanol–water partition coefficient (Wildman–Crippen LogP) is 2.79. The molecular formula is C14H16N+. The van der Waals surface area contributed by atoms with Crippen LogP contribution in [0.15, 0.2) is 42.6 Å². The summed E-state index contributed by atoms with van der Waals surface area (Å²) in [4.78, 5) is 0. The maximum Gasteiger partial charge on any atom is 0.212 e. The van der Waals surface area contributed by atoms with E-state index in [1.54, 1.807) is 12.1 Å². The van der Waals surface area contributed by atoms with E-state index in [1.807, 2.05) is 49.0 Å². The normalized spacial score (nSPS) is 14.1. The Morgan fingerprint density at radius 1 is 1.20 bits per heavy atom. The van der Waals surface area contributed by atoms with E-state index in [0.717, 1.165) is 16.8 Å². The Labute approximate surface area is 95.2 Å². The van der Waals surface area contributed by atoms with Gasteiger partial charge in [0.1, 0.15) is 7.05 Å². The Bertz CT molecular complexity index is 573. The topological polar surface area (TPSA) is 3.88 Å². The molecule has 76 valence electrons. The van der Waals surface area contributed by atoms with E-state index in [0.29, 0.717) is 5.56 Å². The van der Waals surface area contributed by atoms with Gasteiger partial charge >= 0.3 is 0 Å². The second-order valence-electron chi connectivity index (χ2n) is 3.73. The Morgan fingerprint density at radius 3 is 2.73 bits per heavy atom. The van der Waals surface area contributed by atoms with Gasteiger partial charge in [-0.25, -0.2) is 4.57 Å². The van der Waals surface area contributed by atoms with Crippen molar-refractivity contribution in [3.8, 4) is 11.3 Å². The van der Waals surface area contributed by atoms with E-state index in [1.165, 1.54) is 0 Å². The molecule has 0 atom stereocenters. The molecule has 2 rings (SSSR count). The maximum absolute atomic E-state index is 7.42. The monoisotopic (exact) mass is 201 g/mol. The summed E-state index contributed by atoms with van der Waals surface area (Å²) in [7, 11) is 1.98. The van der Waals surface area contributed by atoms with Gasteiger partial charge in [-0.05, 0) is 31.5 Å². The third-order valence-electron chi connectivity index (χ3n) is 2.56. The van der Waals surface area contributed by atoms with E-state index < -0.39 is 6.85 Å². The lowest BCUT2D eigenvalue weighted by Gasteiger charge is -2.04. The molecule has 0 aliphatic rings. The molecule has 0 aliphatic carbocycles. The minimum absolute atomic E-state index is 0.391. The molecule has 1 nitrogen and oxygen atoms in total. The van der Waals surface area contributed by atoms with Crippen molar-refractivity contribution in [3.63, 3.8) is 0 Å². The number of hydrogen-bond donors (Lipinski definition) is 0. The van der Waals surface area contributed by atoms with Crippen molar-refractivity contribution in [2.75, 3.05) is 0 Å². The van der Waals surface area contributed by atoms with Crippen LogP contribution in [0.3, 0.4) is 0 Å². The first kappa shape index (κ1) is 6.78. The van der Waals surface area contributed by atoms with Crippen LogP contribution in [-0.2, 0) is 7.05 Å². The van der Waals surface area contributed by atoms with E-state index in [-0.39, 0.29) is 0 Å². The van der Waals surface area contributed by atoms with Crippen LogP contribution in [0.2, 0.25) is 0 Å². The average Bonchev–Trinajstić information content (AvgIpc) is 2.29. The van der Waals surface area contributed by atoms with Crippen LogP contribution in [0, 0.1) is 13.8 Å². The van der Waals surface area contributed by atoms with Crippen LogP contribution in [0.1, 0.15) is 15.2 Å². The Morgan fingerprint density at radius 2 is 2.07 bits per heavy atom. The lowest BCUT2D eigenvalue weighted by Crippen LogP contribution is -2.30. The molecule has 0 unspecified atom stereocenters. The molecule has 0 N–H and O–H groups in total. The van der Waals surface area contributed by atoms with Crippen molar-refractivity contribution in [2.24, 2.45) is 7.05 Å². The van der Waals surface area contributed by atoms with Gasteiger partial charge < -0.3 is 0 Å². The molecule has 1 aromatic heterocycles. The molecule has 0 bridgehead atoms. The van der Waals surface area contributed by atoms with Crippen molar-refractivity contribution in [1.82, 2.24) is 0 Å².